The number of aryl methyl sites for hydroxylation is 1. The number of hydrogen-bond donors (Lipinski definition) is 2. The van der Waals surface area contributed by atoms with Crippen LogP contribution in [-0.4, -0.2) is 31.9 Å². The number of benzene rings is 1. The number of nitrogens with one attached hydrogen (secondary N) is 1. The van der Waals surface area contributed by atoms with Gasteiger partial charge in [0, 0.05) is 13.7 Å². The van der Waals surface area contributed by atoms with Crippen molar-refractivity contribution in [3.05, 3.63) is 34.9 Å². The zero-order valence-corrected chi connectivity index (χ0v) is 12.5. The maximum absolute atomic E-state index is 12.6. The van der Waals surface area contributed by atoms with Gasteiger partial charge in [-0.3, -0.25) is 0 Å². The summed E-state index contributed by atoms with van der Waals surface area (Å²) in [5.74, 6) is 0. The summed E-state index contributed by atoms with van der Waals surface area (Å²) in [7, 11) is 1.60. The summed E-state index contributed by atoms with van der Waals surface area (Å²) in [5, 5.41) is 13.6. The summed E-state index contributed by atoms with van der Waals surface area (Å²) in [5.41, 5.74) is -0.914. The Labute approximate surface area is 123 Å². The van der Waals surface area contributed by atoms with Gasteiger partial charge in [-0.05, 0) is 50.1 Å². The third-order valence-corrected chi connectivity index (χ3v) is 3.41. The van der Waals surface area contributed by atoms with Gasteiger partial charge in [0.1, 0.15) is 0 Å². The van der Waals surface area contributed by atoms with Crippen molar-refractivity contribution in [2.45, 2.75) is 32.0 Å². The van der Waals surface area contributed by atoms with Gasteiger partial charge in [-0.2, -0.15) is 13.2 Å². The van der Waals surface area contributed by atoms with Gasteiger partial charge < -0.3 is 15.2 Å². The smallest absolute Gasteiger partial charge is 0.385 e. The average molecular weight is 305 g/mol. The fourth-order valence-electron chi connectivity index (χ4n) is 2.21. The predicted molar refractivity (Wildman–Crippen MR) is 75.1 cm³/mol. The Morgan fingerprint density at radius 3 is 2.43 bits per heavy atom. The molecule has 1 rings (SSSR count). The Morgan fingerprint density at radius 1 is 1.24 bits per heavy atom. The third kappa shape index (κ3) is 5.30. The van der Waals surface area contributed by atoms with E-state index in [1.165, 1.54) is 6.07 Å². The summed E-state index contributed by atoms with van der Waals surface area (Å²) in [4.78, 5) is 0. The largest absolute Gasteiger partial charge is 0.416 e. The lowest BCUT2D eigenvalue weighted by molar-refractivity contribution is -0.137. The Bertz CT molecular complexity index is 459. The maximum atomic E-state index is 12.6. The van der Waals surface area contributed by atoms with E-state index in [4.69, 9.17) is 4.74 Å². The highest BCUT2D eigenvalue weighted by molar-refractivity contribution is 5.36. The Morgan fingerprint density at radius 2 is 1.90 bits per heavy atom. The highest BCUT2D eigenvalue weighted by atomic mass is 19.4. The minimum absolute atomic E-state index is 0.406. The molecule has 21 heavy (non-hydrogen) atoms. The second kappa shape index (κ2) is 7.24. The molecule has 0 aromatic heterocycles. The Hall–Kier alpha value is -1.11. The number of methoxy groups -OCH3 is 1. The Balaban J connectivity index is 2.74. The molecule has 0 fully saturated rings. The van der Waals surface area contributed by atoms with Crippen molar-refractivity contribution in [3.8, 4) is 0 Å². The van der Waals surface area contributed by atoms with Gasteiger partial charge in [-0.1, -0.05) is 6.07 Å². The first-order valence-electron chi connectivity index (χ1n) is 6.79. The molecule has 2 N–H and O–H groups in total. The number of hydrogen-bond acceptors (Lipinski definition) is 3. The van der Waals surface area contributed by atoms with Crippen LogP contribution in [0.1, 0.15) is 30.0 Å². The van der Waals surface area contributed by atoms with Crippen molar-refractivity contribution in [1.29, 1.82) is 0 Å². The molecule has 1 aromatic carbocycles. The predicted octanol–water partition coefficient (Wildman–Crippen LogP) is 2.85. The summed E-state index contributed by atoms with van der Waals surface area (Å²) in [6, 6.07) is 3.44. The molecule has 0 aliphatic rings. The van der Waals surface area contributed by atoms with Crippen LogP contribution in [-0.2, 0) is 16.5 Å². The minimum Gasteiger partial charge on any atom is -0.385 e. The number of rotatable bonds is 7. The zero-order valence-electron chi connectivity index (χ0n) is 12.5. The summed E-state index contributed by atoms with van der Waals surface area (Å²) < 4.78 is 42.8. The second-order valence-corrected chi connectivity index (χ2v) is 5.29. The van der Waals surface area contributed by atoms with Gasteiger partial charge in [-0.25, -0.2) is 0 Å². The molecule has 0 aliphatic heterocycles. The van der Waals surface area contributed by atoms with Crippen molar-refractivity contribution >= 4 is 0 Å². The molecule has 0 spiro atoms. The highest BCUT2D eigenvalue weighted by Crippen LogP contribution is 2.33. The van der Waals surface area contributed by atoms with Gasteiger partial charge in [-0.15, -0.1) is 0 Å². The topological polar surface area (TPSA) is 41.5 Å². The van der Waals surface area contributed by atoms with Crippen molar-refractivity contribution in [2.75, 3.05) is 26.8 Å². The lowest BCUT2D eigenvalue weighted by Crippen LogP contribution is -2.30. The SMILES string of the molecule is COCCNCCC(C)(O)c1ccc(C(F)(F)F)cc1C. The lowest BCUT2D eigenvalue weighted by atomic mass is 9.88. The normalized spacial score (nSPS) is 15.0. The number of halogens is 3. The molecule has 1 atom stereocenters. The second-order valence-electron chi connectivity index (χ2n) is 5.29. The van der Waals surface area contributed by atoms with E-state index in [1.807, 2.05) is 0 Å². The molecular formula is C15H22F3NO2. The van der Waals surface area contributed by atoms with Crippen LogP contribution in [0.4, 0.5) is 13.2 Å². The van der Waals surface area contributed by atoms with Crippen LogP contribution in [0.3, 0.4) is 0 Å². The molecule has 0 heterocycles. The fourth-order valence-corrected chi connectivity index (χ4v) is 2.21. The van der Waals surface area contributed by atoms with Crippen molar-refractivity contribution in [1.82, 2.24) is 5.32 Å². The molecule has 0 amide bonds. The molecule has 0 radical (unpaired) electrons. The molecule has 6 heteroatoms. The van der Waals surface area contributed by atoms with Crippen LogP contribution in [0.5, 0.6) is 0 Å². The van der Waals surface area contributed by atoms with E-state index in [2.05, 4.69) is 5.32 Å². The molecule has 120 valence electrons. The molecule has 0 aliphatic carbocycles. The molecular weight excluding hydrogens is 283 g/mol. The van der Waals surface area contributed by atoms with E-state index in [0.717, 1.165) is 12.1 Å². The van der Waals surface area contributed by atoms with E-state index in [9.17, 15) is 18.3 Å². The Kier molecular flexibility index (Phi) is 6.19. The quantitative estimate of drug-likeness (QED) is 0.761. The van der Waals surface area contributed by atoms with E-state index < -0.39 is 17.3 Å². The molecule has 0 saturated carbocycles. The van der Waals surface area contributed by atoms with Crippen LogP contribution >= 0.6 is 0 Å². The van der Waals surface area contributed by atoms with Gasteiger partial charge in [0.15, 0.2) is 0 Å². The van der Waals surface area contributed by atoms with E-state index in [-0.39, 0.29) is 0 Å². The first-order chi connectivity index (χ1) is 9.68. The average Bonchev–Trinajstić information content (AvgIpc) is 2.37. The van der Waals surface area contributed by atoms with Crippen LogP contribution in [0.25, 0.3) is 0 Å². The third-order valence-electron chi connectivity index (χ3n) is 3.41. The summed E-state index contributed by atoms with van der Waals surface area (Å²) >= 11 is 0. The summed E-state index contributed by atoms with van der Waals surface area (Å²) in [6.07, 6.45) is -3.96. The van der Waals surface area contributed by atoms with Crippen molar-refractivity contribution in [2.24, 2.45) is 0 Å². The maximum Gasteiger partial charge on any atom is 0.416 e. The van der Waals surface area contributed by atoms with E-state index in [1.54, 1.807) is 21.0 Å². The van der Waals surface area contributed by atoms with Crippen molar-refractivity contribution < 1.29 is 23.0 Å². The lowest BCUT2D eigenvalue weighted by Gasteiger charge is -2.26. The highest BCUT2D eigenvalue weighted by Gasteiger charge is 2.32. The standard InChI is InChI=1S/C15H22F3NO2/c1-11-10-12(15(16,17)18)4-5-13(11)14(2,20)6-7-19-8-9-21-3/h4-5,10,19-20H,6-9H2,1-3H3. The van der Waals surface area contributed by atoms with Crippen LogP contribution in [0.2, 0.25) is 0 Å². The minimum atomic E-state index is -4.36. The van der Waals surface area contributed by atoms with Gasteiger partial charge in [0.25, 0.3) is 0 Å². The number of aliphatic hydroxyl groups is 1. The molecule has 1 aromatic rings. The molecule has 1 unspecified atom stereocenters. The summed E-state index contributed by atoms with van der Waals surface area (Å²) in [6.45, 7) is 4.98. The molecule has 0 bridgehead atoms. The number of ether oxygens (including phenoxy) is 1. The first-order valence-corrected chi connectivity index (χ1v) is 6.79. The van der Waals surface area contributed by atoms with E-state index >= 15 is 0 Å². The first kappa shape index (κ1) is 17.9. The molecule has 3 nitrogen and oxygen atoms in total. The monoisotopic (exact) mass is 305 g/mol. The number of alkyl halides is 3. The van der Waals surface area contributed by atoms with Crippen molar-refractivity contribution in [3.63, 3.8) is 0 Å². The fraction of sp³-hybridized carbons (Fsp3) is 0.600. The van der Waals surface area contributed by atoms with Crippen LogP contribution in [0.15, 0.2) is 18.2 Å². The van der Waals surface area contributed by atoms with Gasteiger partial charge in [0.05, 0.1) is 17.8 Å². The van der Waals surface area contributed by atoms with Crippen LogP contribution in [0, 0.1) is 6.92 Å². The zero-order chi connectivity index (χ0) is 16.1. The van der Waals surface area contributed by atoms with Gasteiger partial charge >= 0.3 is 6.18 Å². The van der Waals surface area contributed by atoms with Crippen LogP contribution < -0.4 is 5.32 Å². The van der Waals surface area contributed by atoms with Gasteiger partial charge in [0.2, 0.25) is 0 Å². The van der Waals surface area contributed by atoms with E-state index in [0.29, 0.717) is 37.2 Å². The molecule has 0 saturated heterocycles.